The summed E-state index contributed by atoms with van der Waals surface area (Å²) >= 11 is 0. The Morgan fingerprint density at radius 3 is 1.25 bits per heavy atom. The number of aliphatic imine (C=N–C) groups is 1. The number of carboxylic acids is 2. The van der Waals surface area contributed by atoms with Gasteiger partial charge in [0.1, 0.15) is 90.6 Å². The highest BCUT2D eigenvalue weighted by atomic mass is 16.4. The number of aliphatic hydroxyl groups excluding tert-OH is 4. The fraction of sp³-hybridized carbons (Fsp3) is 0.740. The second-order valence-electron chi connectivity index (χ2n) is 31.1. The number of carbonyl (C=O) groups excluding carboxylic acids is 16. The first-order valence-corrected chi connectivity index (χ1v) is 39.8. The van der Waals surface area contributed by atoms with E-state index in [0.717, 1.165) is 21.6 Å². The van der Waals surface area contributed by atoms with Crippen molar-refractivity contribution in [2.75, 3.05) is 65.6 Å². The smallest absolute Gasteiger partial charge is 0.326 e. The molecule has 0 aliphatic carbocycles. The second-order valence-corrected chi connectivity index (χ2v) is 31.1. The van der Waals surface area contributed by atoms with E-state index in [-0.39, 0.29) is 141 Å². The molecule has 0 unspecified atom stereocenters. The van der Waals surface area contributed by atoms with Crippen LogP contribution < -0.4 is 76.1 Å². The number of aliphatic carboxylic acids is 2. The van der Waals surface area contributed by atoms with Crippen LogP contribution >= 0.6 is 0 Å². The Kier molecular flexibility index (Phi) is 38.6. The number of rotatable bonds is 45. The third-order valence-electron chi connectivity index (χ3n) is 21.2. The van der Waals surface area contributed by atoms with Gasteiger partial charge < -0.3 is 131 Å². The minimum atomic E-state index is -2.07. The number of carboxylic acid groups (broad SMARTS) is 2. The van der Waals surface area contributed by atoms with Gasteiger partial charge in [-0.25, -0.2) is 4.79 Å². The van der Waals surface area contributed by atoms with E-state index in [0.29, 0.717) is 25.7 Å². The summed E-state index contributed by atoms with van der Waals surface area (Å²) in [5.74, 6) is -18.7. The Balaban J connectivity index is 1.21. The number of carbonyl (C=O) groups is 18. The average molecular weight is 1660 g/mol. The van der Waals surface area contributed by atoms with E-state index >= 15 is 0 Å². The third kappa shape index (κ3) is 28.1. The van der Waals surface area contributed by atoms with E-state index in [9.17, 15) is 117 Å². The maximum absolute atomic E-state index is 14.6. The summed E-state index contributed by atoms with van der Waals surface area (Å²) in [6, 6.07) is -21.7. The van der Waals surface area contributed by atoms with Crippen LogP contribution in [0.3, 0.4) is 0 Å². The van der Waals surface area contributed by atoms with Gasteiger partial charge in [0.25, 0.3) is 0 Å². The van der Waals surface area contributed by atoms with Crippen LogP contribution in [0.25, 0.3) is 0 Å². The SMILES string of the molecule is CC[C@H](C)[C@H](NC(=O)[C@@H]1CCCN1C(=O)[C@@H](NC(=O)[C@H](CC(=O)O)NC(=O)[C@H](CO)NC(=O)[C@@H]1CCCN1C(=O)CNC(=O)[C@@H]1CCCN1C(=O)[C@H](CC(C)C)NC(=O)[C@H](CCCN=C(N)N)NC(=O)[C@H](CO)NC(=O)[C@@H]1CCCN1C(=O)[C@@H](N)CO)[C@@H](C)O)C(=O)N[C@@H](CC(C)C)C(=O)N1CCC[C@H]1C(=O)N[C@@H](CCC(N)=O)C(=O)O. The Bertz CT molecular complexity index is 3600. The van der Waals surface area contributed by atoms with Crippen molar-refractivity contribution in [1.29, 1.82) is 0 Å². The van der Waals surface area contributed by atoms with Crippen molar-refractivity contribution in [3.05, 3.63) is 0 Å². The highest BCUT2D eigenvalue weighted by Crippen LogP contribution is 2.27. The van der Waals surface area contributed by atoms with Crippen LogP contribution in [0.2, 0.25) is 0 Å². The predicted molar refractivity (Wildman–Crippen MR) is 412 cm³/mol. The summed E-state index contributed by atoms with van der Waals surface area (Å²) in [6.45, 7) is 8.13. The van der Waals surface area contributed by atoms with Gasteiger partial charge in [-0.1, -0.05) is 48.0 Å². The van der Waals surface area contributed by atoms with Crippen LogP contribution in [-0.4, -0.2) is 330 Å². The lowest BCUT2D eigenvalue weighted by Crippen LogP contribution is -2.62. The predicted octanol–water partition coefficient (Wildman–Crippen LogP) is -8.88. The summed E-state index contributed by atoms with van der Waals surface area (Å²) in [7, 11) is 0. The molecule has 5 rings (SSSR count). The van der Waals surface area contributed by atoms with Crippen LogP contribution in [0.1, 0.15) is 164 Å². The maximum atomic E-state index is 14.6. The maximum Gasteiger partial charge on any atom is 0.326 e. The average Bonchev–Trinajstić information content (AvgIpc) is 1.76. The molecule has 0 aromatic carbocycles. The zero-order valence-corrected chi connectivity index (χ0v) is 67.3. The Morgan fingerprint density at radius 2 is 0.829 bits per heavy atom. The Labute approximate surface area is 676 Å². The molecule has 5 fully saturated rings. The summed E-state index contributed by atoms with van der Waals surface area (Å²) in [5, 5.41) is 85.5. The lowest BCUT2D eigenvalue weighted by atomic mass is 9.96. The molecule has 5 heterocycles. The van der Waals surface area contributed by atoms with Gasteiger partial charge in [-0.2, -0.15) is 0 Å². The van der Waals surface area contributed by atoms with Crippen molar-refractivity contribution in [3.63, 3.8) is 0 Å². The molecule has 16 amide bonds. The molecule has 0 bridgehead atoms. The lowest BCUT2D eigenvalue weighted by molar-refractivity contribution is -0.146. The fourth-order valence-corrected chi connectivity index (χ4v) is 14.8. The molecule has 0 radical (unpaired) electrons. The van der Waals surface area contributed by atoms with Crippen molar-refractivity contribution >= 4 is 112 Å². The number of aliphatic hydroxyl groups is 4. The normalized spacial score (nSPS) is 20.9. The topological polar surface area (TPSA) is 682 Å². The summed E-state index contributed by atoms with van der Waals surface area (Å²) in [4.78, 5) is 255. The van der Waals surface area contributed by atoms with E-state index in [1.807, 2.05) is 0 Å². The molecule has 44 heteroatoms. The first kappa shape index (κ1) is 97.1. The molecular formula is C73H120N20O24. The molecule has 0 spiro atoms. The Morgan fingerprint density at radius 1 is 0.436 bits per heavy atom. The first-order valence-electron chi connectivity index (χ1n) is 39.8. The number of nitrogens with zero attached hydrogens (tertiary/aromatic N) is 6. The van der Waals surface area contributed by atoms with Crippen molar-refractivity contribution in [2.24, 2.45) is 45.7 Å². The standard InChI is InChI=1S/C73H120N20O24/c1-8-38(6)56(67(111)84-45(30-37(4)5)70(114)92-27-13-19-51(92)64(108)81-42(72(116)117)21-22-53(75)98)87-66(110)52-20-14-28-93(52)71(115)57(39(7)97)88-59(103)43(31-55(100)101)82-61(105)47(35-96)85-63(107)49-17-10-24-89(49)54(99)32-79-62(106)48-16-11-26-91(48)69(113)44(29-36(2)3)83-58(102)41(15-9-23-78-73(76)77)80-60(104)46(34-95)86-65(109)50-18-12-25-90(50)68(112)40(74)33-94/h36-52,56-57,94-97H,8-35,74H2,1-7H3,(H2,75,98)(H,79,106)(H,80,104)(H,81,108)(H,82,105)(H,83,102)(H,84,111)(H,85,107)(H,86,109)(H,87,110)(H,88,103)(H,100,101)(H,116,117)(H4,76,77,78)/t38-,39+,40-,41-,42-,43-,44-,45-,46-,47-,48-,49-,50-,51-,52-,56-,57-/m0/s1. The summed E-state index contributed by atoms with van der Waals surface area (Å²) < 4.78 is 0. The quantitative estimate of drug-likeness (QED) is 0.0153. The van der Waals surface area contributed by atoms with Crippen molar-refractivity contribution < 1.29 is 117 Å². The van der Waals surface area contributed by atoms with Gasteiger partial charge in [-0.15, -0.1) is 0 Å². The zero-order chi connectivity index (χ0) is 87.4. The molecule has 656 valence electrons. The second kappa shape index (κ2) is 46.5. The van der Waals surface area contributed by atoms with E-state index < -0.39 is 242 Å². The molecule has 5 saturated heterocycles. The third-order valence-corrected chi connectivity index (χ3v) is 21.2. The molecule has 0 aromatic rings. The monoisotopic (exact) mass is 1660 g/mol. The van der Waals surface area contributed by atoms with Gasteiger partial charge in [0.05, 0.1) is 38.9 Å². The molecule has 0 aromatic heterocycles. The molecule has 5 aliphatic rings. The number of nitrogens with one attached hydrogen (secondary N) is 10. The van der Waals surface area contributed by atoms with Crippen LogP contribution in [0.4, 0.5) is 0 Å². The van der Waals surface area contributed by atoms with Gasteiger partial charge in [-0.3, -0.25) is 86.5 Å². The van der Waals surface area contributed by atoms with Crippen molar-refractivity contribution in [3.8, 4) is 0 Å². The summed E-state index contributed by atoms with van der Waals surface area (Å²) in [6.07, 6.45) is -1.27. The van der Waals surface area contributed by atoms with Crippen molar-refractivity contribution in [1.82, 2.24) is 77.7 Å². The van der Waals surface area contributed by atoms with Gasteiger partial charge in [0, 0.05) is 45.7 Å². The lowest BCUT2D eigenvalue weighted by Gasteiger charge is -2.33. The largest absolute Gasteiger partial charge is 0.481 e. The fourth-order valence-electron chi connectivity index (χ4n) is 14.8. The molecule has 0 saturated carbocycles. The minimum absolute atomic E-state index is 0.00527. The van der Waals surface area contributed by atoms with E-state index in [4.69, 9.17) is 22.9 Å². The molecular weight excluding hydrogens is 1540 g/mol. The molecule has 24 N–H and O–H groups in total. The van der Waals surface area contributed by atoms with Crippen LogP contribution in [-0.2, 0) is 86.3 Å². The molecule has 17 atom stereocenters. The highest BCUT2D eigenvalue weighted by molar-refractivity contribution is 6.02. The number of hydrogen-bond acceptors (Lipinski definition) is 24. The van der Waals surface area contributed by atoms with Crippen LogP contribution in [0.15, 0.2) is 4.99 Å². The van der Waals surface area contributed by atoms with Crippen molar-refractivity contribution in [2.45, 2.75) is 261 Å². The minimum Gasteiger partial charge on any atom is -0.481 e. The van der Waals surface area contributed by atoms with Gasteiger partial charge in [0.2, 0.25) is 94.5 Å². The van der Waals surface area contributed by atoms with Gasteiger partial charge >= 0.3 is 11.9 Å². The number of likely N-dealkylation sites (tertiary alicyclic amines) is 5. The molecule has 117 heavy (non-hydrogen) atoms. The van der Waals surface area contributed by atoms with E-state index in [2.05, 4.69) is 58.2 Å². The van der Waals surface area contributed by atoms with Crippen LogP contribution in [0, 0.1) is 17.8 Å². The number of hydrogen-bond donors (Lipinski definition) is 20. The zero-order valence-electron chi connectivity index (χ0n) is 67.3. The van der Waals surface area contributed by atoms with Crippen LogP contribution in [0.5, 0.6) is 0 Å². The van der Waals surface area contributed by atoms with E-state index in [1.54, 1.807) is 41.5 Å². The number of guanidine groups is 1. The van der Waals surface area contributed by atoms with Gasteiger partial charge in [-0.05, 0) is 121 Å². The number of nitrogens with two attached hydrogens (primary N) is 4. The van der Waals surface area contributed by atoms with E-state index in [1.165, 1.54) is 9.80 Å². The highest BCUT2D eigenvalue weighted by Gasteiger charge is 2.47. The number of amides is 16. The van der Waals surface area contributed by atoms with Gasteiger partial charge in [0.15, 0.2) is 5.96 Å². The number of primary amides is 1. The first-order chi connectivity index (χ1) is 55.2. The summed E-state index contributed by atoms with van der Waals surface area (Å²) in [5.41, 5.74) is 21.9. The Hall–Kier alpha value is -10.5. The molecule has 44 nitrogen and oxygen atoms in total. The molecule has 5 aliphatic heterocycles.